The highest BCUT2D eigenvalue weighted by atomic mass is 32.2. The molecule has 0 radical (unpaired) electrons. The summed E-state index contributed by atoms with van der Waals surface area (Å²) in [6.07, 6.45) is -0.282. The van der Waals surface area contributed by atoms with Crippen molar-refractivity contribution < 1.29 is 37.9 Å². The van der Waals surface area contributed by atoms with Gasteiger partial charge < -0.3 is 9.47 Å². The highest BCUT2D eigenvalue weighted by molar-refractivity contribution is 7.91. The Morgan fingerprint density at radius 1 is 1.10 bits per heavy atom. The molecular weight excluding hydrogens is 426 g/mol. The van der Waals surface area contributed by atoms with Crippen LogP contribution < -0.4 is 20.4 Å². The third-order valence-electron chi connectivity index (χ3n) is 4.01. The molecule has 0 saturated heterocycles. The molecule has 3 rings (SSSR count). The van der Waals surface area contributed by atoms with Crippen molar-refractivity contribution in [3.8, 4) is 11.5 Å². The maximum atomic E-state index is 13.1. The number of carbonyl (C=O) groups excluding carboxylic acids is 2. The van der Waals surface area contributed by atoms with Crippen LogP contribution in [0.1, 0.15) is 21.7 Å². The molecule has 11 nitrogen and oxygen atoms in total. The van der Waals surface area contributed by atoms with Crippen molar-refractivity contribution in [1.82, 2.24) is 15.3 Å². The van der Waals surface area contributed by atoms with Gasteiger partial charge in [0.2, 0.25) is 12.7 Å². The smallest absolute Gasteiger partial charge is 0.284 e. The zero-order valence-corrected chi connectivity index (χ0v) is 16.5. The first-order valence-corrected chi connectivity index (χ1v) is 10.5. The molecule has 0 spiro atoms. The zero-order valence-electron chi connectivity index (χ0n) is 14.8. The summed E-state index contributed by atoms with van der Waals surface area (Å²) in [7, 11) is -4.08. The van der Waals surface area contributed by atoms with Gasteiger partial charge in [0.25, 0.3) is 15.9 Å². The number of nitrogens with zero attached hydrogens (tertiary/aromatic N) is 1. The SMILES string of the molecule is O=C(CCN(Cc1ccc2c(c1)OCO2)S(=O)(=O)c1ccc(C(=O)NO)s1)NO. The number of carbonyl (C=O) groups is 2. The lowest BCUT2D eigenvalue weighted by atomic mass is 10.2. The van der Waals surface area contributed by atoms with Crippen molar-refractivity contribution in [2.24, 2.45) is 0 Å². The summed E-state index contributed by atoms with van der Waals surface area (Å²) >= 11 is 0.675. The number of nitrogens with one attached hydrogen (secondary N) is 2. The quantitative estimate of drug-likeness (QED) is 0.343. The lowest BCUT2D eigenvalue weighted by molar-refractivity contribution is -0.129. The molecule has 0 aliphatic carbocycles. The van der Waals surface area contributed by atoms with Gasteiger partial charge in [-0.05, 0) is 29.8 Å². The molecule has 1 aliphatic rings. The van der Waals surface area contributed by atoms with Gasteiger partial charge in [-0.25, -0.2) is 19.4 Å². The molecule has 0 unspecified atom stereocenters. The maximum absolute atomic E-state index is 13.1. The number of hydrogen-bond acceptors (Lipinski definition) is 9. The van der Waals surface area contributed by atoms with Crippen LogP contribution in [0.15, 0.2) is 34.5 Å². The molecule has 4 N–H and O–H groups in total. The Bertz CT molecular complexity index is 1020. The van der Waals surface area contributed by atoms with Crippen LogP contribution in [0.4, 0.5) is 0 Å². The minimum absolute atomic E-state index is 0.00204. The third-order valence-corrected chi connectivity index (χ3v) is 7.41. The zero-order chi connectivity index (χ0) is 21.0. The number of thiophene rings is 1. The van der Waals surface area contributed by atoms with E-state index < -0.39 is 21.8 Å². The Hall–Kier alpha value is -2.71. The minimum atomic E-state index is -4.08. The first kappa shape index (κ1) is 21.0. The van der Waals surface area contributed by atoms with E-state index in [1.165, 1.54) is 23.1 Å². The molecule has 2 aromatic rings. The van der Waals surface area contributed by atoms with E-state index in [1.807, 2.05) is 0 Å². The first-order valence-electron chi connectivity index (χ1n) is 8.21. The molecule has 156 valence electrons. The number of benzene rings is 1. The van der Waals surface area contributed by atoms with Crippen molar-refractivity contribution in [2.75, 3.05) is 13.3 Å². The number of fused-ring (bicyclic) bond motifs is 1. The normalized spacial score (nSPS) is 12.8. The topological polar surface area (TPSA) is 154 Å². The average Bonchev–Trinajstić information content (AvgIpc) is 3.39. The number of amides is 2. The molecule has 0 atom stereocenters. The first-order chi connectivity index (χ1) is 13.8. The van der Waals surface area contributed by atoms with Gasteiger partial charge in [0, 0.05) is 19.5 Å². The second-order valence-corrected chi connectivity index (χ2v) is 9.12. The summed E-state index contributed by atoms with van der Waals surface area (Å²) in [6.45, 7) is -0.234. The molecule has 29 heavy (non-hydrogen) atoms. The van der Waals surface area contributed by atoms with E-state index in [-0.39, 0.29) is 35.4 Å². The van der Waals surface area contributed by atoms with Crippen molar-refractivity contribution >= 4 is 33.2 Å². The van der Waals surface area contributed by atoms with Crippen LogP contribution in [0, 0.1) is 0 Å². The number of hydrogen-bond donors (Lipinski definition) is 4. The van der Waals surface area contributed by atoms with E-state index in [4.69, 9.17) is 19.9 Å². The molecule has 1 aromatic carbocycles. The van der Waals surface area contributed by atoms with Gasteiger partial charge in [0.05, 0.1) is 4.88 Å². The molecule has 2 amide bonds. The van der Waals surface area contributed by atoms with Crippen molar-refractivity contribution in [2.45, 2.75) is 17.2 Å². The monoisotopic (exact) mass is 443 g/mol. The summed E-state index contributed by atoms with van der Waals surface area (Å²) in [5.74, 6) is -0.562. The predicted molar refractivity (Wildman–Crippen MR) is 98.3 cm³/mol. The fraction of sp³-hybridized carbons (Fsp3) is 0.250. The second-order valence-electron chi connectivity index (χ2n) is 5.87. The summed E-state index contributed by atoms with van der Waals surface area (Å²) in [6, 6.07) is 7.46. The van der Waals surface area contributed by atoms with Crippen molar-refractivity contribution in [3.63, 3.8) is 0 Å². The van der Waals surface area contributed by atoms with E-state index in [1.54, 1.807) is 18.2 Å². The van der Waals surface area contributed by atoms with Gasteiger partial charge in [0.1, 0.15) is 4.21 Å². The van der Waals surface area contributed by atoms with E-state index in [2.05, 4.69) is 0 Å². The van der Waals surface area contributed by atoms with Gasteiger partial charge in [0.15, 0.2) is 11.5 Å². The van der Waals surface area contributed by atoms with Gasteiger partial charge in [-0.3, -0.25) is 20.0 Å². The molecule has 0 saturated carbocycles. The van der Waals surface area contributed by atoms with Crippen LogP contribution in [-0.4, -0.2) is 48.3 Å². The Morgan fingerprint density at radius 2 is 1.86 bits per heavy atom. The number of ether oxygens (including phenoxy) is 2. The molecule has 1 aromatic heterocycles. The lowest BCUT2D eigenvalue weighted by Gasteiger charge is -2.21. The van der Waals surface area contributed by atoms with Crippen LogP contribution in [0.3, 0.4) is 0 Å². The van der Waals surface area contributed by atoms with Crippen LogP contribution >= 0.6 is 11.3 Å². The van der Waals surface area contributed by atoms with Gasteiger partial charge in [-0.2, -0.15) is 4.31 Å². The molecule has 2 heterocycles. The van der Waals surface area contributed by atoms with Gasteiger partial charge in [-0.15, -0.1) is 11.3 Å². The Labute approximate surface area is 169 Å². The molecular formula is C16H17N3O8S2. The Kier molecular flexibility index (Phi) is 6.34. The lowest BCUT2D eigenvalue weighted by Crippen LogP contribution is -2.34. The second kappa shape index (κ2) is 8.75. The fourth-order valence-electron chi connectivity index (χ4n) is 2.57. The summed E-state index contributed by atoms with van der Waals surface area (Å²) in [4.78, 5) is 22.9. The predicted octanol–water partition coefficient (Wildman–Crippen LogP) is 0.682. The summed E-state index contributed by atoms with van der Waals surface area (Å²) < 4.78 is 37.6. The van der Waals surface area contributed by atoms with Gasteiger partial charge >= 0.3 is 0 Å². The molecule has 0 fully saturated rings. The average molecular weight is 443 g/mol. The van der Waals surface area contributed by atoms with Crippen LogP contribution in [0.2, 0.25) is 0 Å². The molecule has 0 bridgehead atoms. The van der Waals surface area contributed by atoms with Crippen molar-refractivity contribution in [1.29, 1.82) is 0 Å². The highest BCUT2D eigenvalue weighted by Crippen LogP contribution is 2.33. The summed E-state index contributed by atoms with van der Waals surface area (Å²) in [5, 5.41) is 17.4. The van der Waals surface area contributed by atoms with Gasteiger partial charge in [-0.1, -0.05) is 6.07 Å². The standard InChI is InChI=1S/C16H17N3O8S2/c20-14(17-22)5-6-19(8-10-1-2-11-12(7-10)27-9-26-11)29(24,25)15-4-3-13(28-15)16(21)18-23/h1-4,7,22-23H,5-6,8-9H2,(H,17,20)(H,18,21). The Morgan fingerprint density at radius 3 is 2.59 bits per heavy atom. The Balaban J connectivity index is 1.88. The van der Waals surface area contributed by atoms with E-state index in [9.17, 15) is 18.0 Å². The largest absolute Gasteiger partial charge is 0.454 e. The highest BCUT2D eigenvalue weighted by Gasteiger charge is 2.28. The van der Waals surface area contributed by atoms with Crippen LogP contribution in [-0.2, 0) is 21.4 Å². The van der Waals surface area contributed by atoms with E-state index >= 15 is 0 Å². The molecule has 1 aliphatic heterocycles. The van der Waals surface area contributed by atoms with Crippen LogP contribution in [0.25, 0.3) is 0 Å². The third kappa shape index (κ3) is 4.65. The number of hydroxylamine groups is 2. The van der Waals surface area contributed by atoms with E-state index in [0.29, 0.717) is 28.4 Å². The fourth-order valence-corrected chi connectivity index (χ4v) is 5.35. The maximum Gasteiger partial charge on any atom is 0.284 e. The molecule has 13 heteroatoms. The van der Waals surface area contributed by atoms with Crippen molar-refractivity contribution in [3.05, 3.63) is 40.8 Å². The summed E-state index contributed by atoms with van der Waals surface area (Å²) in [5.41, 5.74) is 3.49. The van der Waals surface area contributed by atoms with E-state index in [0.717, 1.165) is 4.31 Å². The number of rotatable bonds is 8. The van der Waals surface area contributed by atoms with Crippen LogP contribution in [0.5, 0.6) is 11.5 Å². The minimum Gasteiger partial charge on any atom is -0.454 e. The number of sulfonamides is 1.